The molecule has 0 saturated carbocycles. The van der Waals surface area contributed by atoms with Crippen LogP contribution in [0.1, 0.15) is 36.5 Å². The van der Waals surface area contributed by atoms with Crippen molar-refractivity contribution in [1.29, 1.82) is 0 Å². The van der Waals surface area contributed by atoms with Crippen LogP contribution in [0.5, 0.6) is 0 Å². The van der Waals surface area contributed by atoms with Gasteiger partial charge in [-0.05, 0) is 25.5 Å². The standard InChI is InChI=1S/C24H19ClF4N10/c1-12-9-30-23(33-17-7-8-31-39(17)22(26)27)34-18(12)16-11-37-10-13(2)38-20(19(37)32-16)35-36-21(38)24(28,29)14-5-3-4-6-15(14)25/h3-9,11,13,22H,10H2,1-2H3,(H,30,33,34)/t13-/m0/s1. The Kier molecular flexibility index (Phi) is 5.86. The lowest BCUT2D eigenvalue weighted by atomic mass is 10.1. The Hall–Kier alpha value is -4.33. The minimum absolute atomic E-state index is 0.0119. The number of benzene rings is 1. The van der Waals surface area contributed by atoms with Gasteiger partial charge in [0.05, 0.1) is 23.0 Å². The number of nitrogens with one attached hydrogen (secondary N) is 1. The molecule has 0 bridgehead atoms. The van der Waals surface area contributed by atoms with Gasteiger partial charge in [-0.2, -0.15) is 27.3 Å². The zero-order valence-electron chi connectivity index (χ0n) is 20.4. The van der Waals surface area contributed by atoms with Crippen molar-refractivity contribution in [2.24, 2.45) is 0 Å². The summed E-state index contributed by atoms with van der Waals surface area (Å²) in [6, 6.07) is 6.66. The Balaban J connectivity index is 1.38. The molecule has 15 heteroatoms. The van der Waals surface area contributed by atoms with Gasteiger partial charge < -0.3 is 9.88 Å². The largest absolute Gasteiger partial charge is 0.335 e. The van der Waals surface area contributed by atoms with Gasteiger partial charge in [-0.25, -0.2) is 15.0 Å². The van der Waals surface area contributed by atoms with Crippen LogP contribution in [-0.4, -0.2) is 44.1 Å². The smallest absolute Gasteiger partial charge is 0.326 e. The highest BCUT2D eigenvalue weighted by Crippen LogP contribution is 2.42. The molecule has 39 heavy (non-hydrogen) atoms. The van der Waals surface area contributed by atoms with Crippen LogP contribution in [0, 0.1) is 6.92 Å². The van der Waals surface area contributed by atoms with Gasteiger partial charge in [-0.3, -0.25) is 4.57 Å². The second kappa shape index (κ2) is 9.15. The van der Waals surface area contributed by atoms with Crippen LogP contribution < -0.4 is 5.32 Å². The first-order chi connectivity index (χ1) is 18.6. The molecule has 0 saturated heterocycles. The van der Waals surface area contributed by atoms with Crippen LogP contribution >= 0.6 is 11.6 Å². The van der Waals surface area contributed by atoms with E-state index in [4.69, 9.17) is 11.6 Å². The maximum Gasteiger partial charge on any atom is 0.335 e. The number of fused-ring (bicyclic) bond motifs is 3. The van der Waals surface area contributed by atoms with Crippen molar-refractivity contribution in [2.45, 2.75) is 38.9 Å². The third-order valence-electron chi connectivity index (χ3n) is 6.38. The molecule has 10 nitrogen and oxygen atoms in total. The molecule has 1 aliphatic rings. The topological polar surface area (TPSA) is 104 Å². The molecule has 0 radical (unpaired) electrons. The number of halogens is 5. The van der Waals surface area contributed by atoms with Crippen molar-refractivity contribution in [3.05, 3.63) is 70.9 Å². The lowest BCUT2D eigenvalue weighted by molar-refractivity contribution is 0.0269. The highest BCUT2D eigenvalue weighted by molar-refractivity contribution is 6.31. The van der Waals surface area contributed by atoms with E-state index in [-0.39, 0.29) is 28.2 Å². The van der Waals surface area contributed by atoms with E-state index in [0.29, 0.717) is 34.0 Å². The average molecular weight is 559 g/mol. The lowest BCUT2D eigenvalue weighted by Gasteiger charge is -2.26. The Morgan fingerprint density at radius 1 is 1.10 bits per heavy atom. The molecule has 1 atom stereocenters. The van der Waals surface area contributed by atoms with E-state index in [0.717, 1.165) is 0 Å². The molecular formula is C24H19ClF4N10. The molecule has 6 rings (SSSR count). The highest BCUT2D eigenvalue weighted by Gasteiger charge is 2.44. The average Bonchev–Trinajstić information content (AvgIpc) is 3.63. The summed E-state index contributed by atoms with van der Waals surface area (Å²) >= 11 is 6.08. The van der Waals surface area contributed by atoms with Crippen LogP contribution in [0.15, 0.2) is 48.9 Å². The van der Waals surface area contributed by atoms with E-state index in [1.165, 1.54) is 41.2 Å². The Morgan fingerprint density at radius 3 is 2.67 bits per heavy atom. The molecule has 1 aliphatic heterocycles. The number of alkyl halides is 4. The second-order valence-electron chi connectivity index (χ2n) is 9.01. The van der Waals surface area contributed by atoms with Gasteiger partial charge in [0.2, 0.25) is 17.6 Å². The number of nitrogens with zero attached hydrogens (tertiary/aromatic N) is 9. The van der Waals surface area contributed by atoms with Gasteiger partial charge in [-0.15, -0.1) is 10.2 Å². The first-order valence-electron chi connectivity index (χ1n) is 11.7. The second-order valence-corrected chi connectivity index (χ2v) is 9.42. The summed E-state index contributed by atoms with van der Waals surface area (Å²) in [6.45, 7) is 1.03. The van der Waals surface area contributed by atoms with Crippen molar-refractivity contribution in [3.8, 4) is 23.0 Å². The molecule has 0 spiro atoms. The maximum absolute atomic E-state index is 15.6. The number of aryl methyl sites for hydroxylation is 1. The molecule has 200 valence electrons. The molecule has 1 aromatic carbocycles. The molecular weight excluding hydrogens is 540 g/mol. The maximum atomic E-state index is 15.6. The monoisotopic (exact) mass is 558 g/mol. The highest BCUT2D eigenvalue weighted by atomic mass is 35.5. The summed E-state index contributed by atoms with van der Waals surface area (Å²) in [5, 5.41) is 14.2. The van der Waals surface area contributed by atoms with Crippen molar-refractivity contribution in [3.63, 3.8) is 0 Å². The van der Waals surface area contributed by atoms with Crippen molar-refractivity contribution in [1.82, 2.24) is 44.1 Å². The number of aromatic nitrogens is 9. The van der Waals surface area contributed by atoms with Gasteiger partial charge in [0, 0.05) is 30.6 Å². The van der Waals surface area contributed by atoms with Crippen molar-refractivity contribution in [2.75, 3.05) is 5.32 Å². The number of anilines is 2. The van der Waals surface area contributed by atoms with Gasteiger partial charge in [0.15, 0.2) is 5.82 Å². The van der Waals surface area contributed by atoms with Crippen LogP contribution in [0.2, 0.25) is 5.02 Å². The summed E-state index contributed by atoms with van der Waals surface area (Å²) in [5.41, 5.74) is 1.16. The van der Waals surface area contributed by atoms with E-state index < -0.39 is 24.3 Å². The van der Waals surface area contributed by atoms with E-state index in [1.807, 2.05) is 0 Å². The van der Waals surface area contributed by atoms with Crippen molar-refractivity contribution >= 4 is 23.4 Å². The van der Waals surface area contributed by atoms with Crippen LogP contribution in [-0.2, 0) is 12.5 Å². The number of hydrogen-bond donors (Lipinski definition) is 1. The first kappa shape index (κ1) is 25.0. The summed E-state index contributed by atoms with van der Waals surface area (Å²) in [6.07, 6.45) is 4.49. The molecule has 0 amide bonds. The fraction of sp³-hybridized carbons (Fsp3) is 0.250. The molecule has 0 fully saturated rings. The van der Waals surface area contributed by atoms with Gasteiger partial charge in [0.25, 0.3) is 0 Å². The zero-order chi connectivity index (χ0) is 27.5. The summed E-state index contributed by atoms with van der Waals surface area (Å²) in [7, 11) is 0. The van der Waals surface area contributed by atoms with Gasteiger partial charge in [-0.1, -0.05) is 29.8 Å². The number of imidazole rings is 1. The minimum Gasteiger partial charge on any atom is -0.326 e. The Morgan fingerprint density at radius 2 is 1.90 bits per heavy atom. The SMILES string of the molecule is Cc1cnc(Nc2ccnn2C(F)F)nc1-c1cn2c(n1)-c1nnc(C(F)(F)c3ccccc3Cl)n1[C@@H](C)C2. The Bertz CT molecular complexity index is 1690. The van der Waals surface area contributed by atoms with Crippen LogP contribution in [0.4, 0.5) is 29.3 Å². The summed E-state index contributed by atoms with van der Waals surface area (Å²) < 4.78 is 61.3. The van der Waals surface area contributed by atoms with E-state index in [2.05, 4.69) is 35.6 Å². The fourth-order valence-electron chi connectivity index (χ4n) is 4.57. The predicted molar refractivity (Wildman–Crippen MR) is 133 cm³/mol. The van der Waals surface area contributed by atoms with Crippen LogP contribution in [0.25, 0.3) is 23.0 Å². The Labute approximate surface area is 223 Å². The number of rotatable bonds is 6. The van der Waals surface area contributed by atoms with E-state index in [1.54, 1.807) is 30.7 Å². The molecule has 4 aromatic heterocycles. The van der Waals surface area contributed by atoms with E-state index >= 15 is 8.78 Å². The fourth-order valence-corrected chi connectivity index (χ4v) is 4.83. The summed E-state index contributed by atoms with van der Waals surface area (Å²) in [4.78, 5) is 13.3. The molecule has 1 N–H and O–H groups in total. The third-order valence-corrected chi connectivity index (χ3v) is 6.71. The number of hydrogen-bond acceptors (Lipinski definition) is 7. The van der Waals surface area contributed by atoms with Gasteiger partial charge in [0.1, 0.15) is 11.5 Å². The molecule has 0 unspecified atom stereocenters. The molecule has 5 aromatic rings. The molecule has 5 heterocycles. The normalized spacial score (nSPS) is 14.9. The quantitative estimate of drug-likeness (QED) is 0.270. The lowest BCUT2D eigenvalue weighted by Crippen LogP contribution is -2.28. The minimum atomic E-state index is -3.50. The first-order valence-corrected chi connectivity index (χ1v) is 12.1. The van der Waals surface area contributed by atoms with Gasteiger partial charge >= 0.3 is 12.5 Å². The third kappa shape index (κ3) is 4.11. The van der Waals surface area contributed by atoms with Crippen molar-refractivity contribution < 1.29 is 17.6 Å². The predicted octanol–water partition coefficient (Wildman–Crippen LogP) is 5.61. The zero-order valence-corrected chi connectivity index (χ0v) is 21.2. The molecule has 0 aliphatic carbocycles. The van der Waals surface area contributed by atoms with E-state index in [9.17, 15) is 8.78 Å². The van der Waals surface area contributed by atoms with Crippen LogP contribution in [0.3, 0.4) is 0 Å². The summed E-state index contributed by atoms with van der Waals surface area (Å²) in [5.74, 6) is -3.45.